The summed E-state index contributed by atoms with van der Waals surface area (Å²) in [5.74, 6) is 0.159. The van der Waals surface area contributed by atoms with Gasteiger partial charge in [-0.2, -0.15) is 0 Å². The minimum absolute atomic E-state index is 0.0389. The van der Waals surface area contributed by atoms with Crippen LogP contribution in [0.25, 0.3) is 10.4 Å². The minimum Gasteiger partial charge on any atom is -0.330 e. The van der Waals surface area contributed by atoms with Gasteiger partial charge in [-0.1, -0.05) is 50.8 Å². The normalized spacial score (nSPS) is 14.3. The van der Waals surface area contributed by atoms with Gasteiger partial charge in [-0.05, 0) is 67.7 Å². The van der Waals surface area contributed by atoms with Crippen LogP contribution in [0.4, 0.5) is 0 Å². The van der Waals surface area contributed by atoms with Crippen LogP contribution in [0.15, 0.2) is 18.2 Å². The number of aryl methyl sites for hydroxylation is 3. The van der Waals surface area contributed by atoms with E-state index in [1.54, 1.807) is 0 Å². The van der Waals surface area contributed by atoms with Gasteiger partial charge in [0.25, 0.3) is 0 Å². The number of hydrogen-bond donors (Lipinski definition) is 3. The van der Waals surface area contributed by atoms with Crippen molar-refractivity contribution in [1.82, 2.24) is 4.98 Å². The number of aromatic nitrogens is 1. The van der Waals surface area contributed by atoms with Crippen LogP contribution < -0.4 is 5.73 Å². The summed E-state index contributed by atoms with van der Waals surface area (Å²) in [6, 6.07) is 6.63. The summed E-state index contributed by atoms with van der Waals surface area (Å²) < 4.78 is 15.4. The van der Waals surface area contributed by atoms with Crippen molar-refractivity contribution < 1.29 is 18.9 Å². The summed E-state index contributed by atoms with van der Waals surface area (Å²) in [6.45, 7) is 2.79. The van der Waals surface area contributed by atoms with Gasteiger partial charge in [-0.3, -0.25) is 4.52 Å². The maximum Gasteiger partial charge on any atom is 0.469 e. The van der Waals surface area contributed by atoms with Gasteiger partial charge in [0, 0.05) is 0 Å². The first kappa shape index (κ1) is 24.6. The molecule has 1 aliphatic rings. The highest BCUT2D eigenvalue weighted by atomic mass is 32.1. The molecule has 1 aliphatic carbocycles. The molecule has 6 nitrogen and oxygen atoms in total. The van der Waals surface area contributed by atoms with Crippen molar-refractivity contribution in [1.29, 1.82) is 0 Å². The first-order chi connectivity index (χ1) is 14.9. The van der Waals surface area contributed by atoms with Crippen molar-refractivity contribution in [2.75, 3.05) is 13.2 Å². The van der Waals surface area contributed by atoms with E-state index in [9.17, 15) is 4.57 Å². The van der Waals surface area contributed by atoms with Crippen molar-refractivity contribution in [3.8, 4) is 10.4 Å². The van der Waals surface area contributed by atoms with Crippen molar-refractivity contribution in [2.24, 2.45) is 5.73 Å². The van der Waals surface area contributed by atoms with E-state index in [-0.39, 0.29) is 12.5 Å². The molecule has 1 aromatic heterocycles. The second-order valence-corrected chi connectivity index (χ2v) is 10.7. The summed E-state index contributed by atoms with van der Waals surface area (Å²) >= 11 is 1.85. The molecule has 0 saturated heterocycles. The Labute approximate surface area is 189 Å². The van der Waals surface area contributed by atoms with E-state index < -0.39 is 7.82 Å². The smallest absolute Gasteiger partial charge is 0.330 e. The fourth-order valence-electron chi connectivity index (χ4n) is 4.25. The van der Waals surface area contributed by atoms with Crippen LogP contribution >= 0.6 is 19.2 Å². The number of phosphoric ester groups is 1. The molecule has 3 rings (SSSR count). The molecule has 172 valence electrons. The lowest BCUT2D eigenvalue weighted by molar-refractivity contribution is 0.192. The van der Waals surface area contributed by atoms with Crippen molar-refractivity contribution in [3.05, 3.63) is 40.0 Å². The molecule has 2 aromatic rings. The Balaban J connectivity index is 1.63. The van der Waals surface area contributed by atoms with E-state index in [4.69, 9.17) is 20.5 Å². The average molecular weight is 467 g/mol. The highest BCUT2D eigenvalue weighted by Gasteiger charge is 2.22. The van der Waals surface area contributed by atoms with Crippen LogP contribution in [0, 0.1) is 0 Å². The number of thiazole rings is 1. The molecule has 4 N–H and O–H groups in total. The number of phosphoric acid groups is 1. The molecule has 0 radical (unpaired) electrons. The Bertz CT molecular complexity index is 896. The van der Waals surface area contributed by atoms with Crippen LogP contribution in [0.3, 0.4) is 0 Å². The highest BCUT2D eigenvalue weighted by Crippen LogP contribution is 2.40. The highest BCUT2D eigenvalue weighted by molar-refractivity contribution is 7.46. The third kappa shape index (κ3) is 7.21. The second-order valence-electron chi connectivity index (χ2n) is 8.36. The Morgan fingerprint density at radius 1 is 1.19 bits per heavy atom. The Kier molecular flexibility index (Phi) is 9.26. The number of nitrogens with zero attached hydrogens (tertiary/aromatic N) is 1. The van der Waals surface area contributed by atoms with Gasteiger partial charge in [-0.25, -0.2) is 9.55 Å². The first-order valence-corrected chi connectivity index (χ1v) is 13.8. The molecule has 1 atom stereocenters. The van der Waals surface area contributed by atoms with Crippen LogP contribution in [-0.2, 0) is 28.4 Å². The lowest BCUT2D eigenvalue weighted by Gasteiger charge is -2.20. The maximum atomic E-state index is 10.8. The van der Waals surface area contributed by atoms with Crippen molar-refractivity contribution in [2.45, 2.75) is 77.0 Å². The van der Waals surface area contributed by atoms with Gasteiger partial charge < -0.3 is 15.5 Å². The predicted octanol–water partition coefficient (Wildman–Crippen LogP) is 5.35. The lowest BCUT2D eigenvalue weighted by Crippen LogP contribution is -2.14. The standard InChI is InChI=1S/C23H35N2O4PS/c1-2-3-4-5-6-9-22-25-21-13-11-18-15-17(10-12-20(18)23(21)31-22)19(16-24)8-7-14-29-30(26,27)28/h10,12,15,19H,2-9,11,13-14,16,24H2,1H3,(H2,26,27,28)/t19-/m0/s1. The zero-order valence-corrected chi connectivity index (χ0v) is 20.1. The average Bonchev–Trinajstić information content (AvgIpc) is 3.16. The van der Waals surface area contributed by atoms with E-state index in [0.29, 0.717) is 13.0 Å². The van der Waals surface area contributed by atoms with Crippen LogP contribution in [0.5, 0.6) is 0 Å². The fourth-order valence-corrected chi connectivity index (χ4v) is 5.83. The van der Waals surface area contributed by atoms with Crippen molar-refractivity contribution in [3.63, 3.8) is 0 Å². The largest absolute Gasteiger partial charge is 0.469 e. The Morgan fingerprint density at radius 3 is 2.74 bits per heavy atom. The van der Waals surface area contributed by atoms with E-state index >= 15 is 0 Å². The number of unbranched alkanes of at least 4 members (excludes halogenated alkanes) is 4. The molecule has 31 heavy (non-hydrogen) atoms. The Morgan fingerprint density at radius 2 is 2.00 bits per heavy atom. The van der Waals surface area contributed by atoms with Gasteiger partial charge in [0.1, 0.15) is 0 Å². The van der Waals surface area contributed by atoms with Gasteiger partial charge in [0.2, 0.25) is 0 Å². The van der Waals surface area contributed by atoms with E-state index in [2.05, 4.69) is 29.6 Å². The van der Waals surface area contributed by atoms with Gasteiger partial charge in [0.15, 0.2) is 0 Å². The SMILES string of the molecule is CCCCCCCc1nc2c(s1)-c1ccc([C@H](CN)CCCOP(=O)(O)O)cc1CC2. The summed E-state index contributed by atoms with van der Waals surface area (Å²) in [5, 5.41) is 1.27. The predicted molar refractivity (Wildman–Crippen MR) is 126 cm³/mol. The molecule has 0 unspecified atom stereocenters. The molecular weight excluding hydrogens is 431 g/mol. The summed E-state index contributed by atoms with van der Waals surface area (Å²) in [6.07, 6.45) is 10.8. The zero-order chi connectivity index (χ0) is 22.3. The lowest BCUT2D eigenvalue weighted by atomic mass is 9.87. The monoisotopic (exact) mass is 466 g/mol. The summed E-state index contributed by atoms with van der Waals surface area (Å²) in [4.78, 5) is 23.9. The topological polar surface area (TPSA) is 106 Å². The molecule has 0 saturated carbocycles. The second kappa shape index (κ2) is 11.7. The molecule has 0 fully saturated rings. The van der Waals surface area contributed by atoms with E-state index in [1.807, 2.05) is 11.3 Å². The van der Waals surface area contributed by atoms with Crippen LogP contribution in [0.1, 0.15) is 79.6 Å². The zero-order valence-electron chi connectivity index (χ0n) is 18.4. The van der Waals surface area contributed by atoms with E-state index in [1.165, 1.54) is 64.4 Å². The number of rotatable bonds is 13. The van der Waals surface area contributed by atoms with Crippen LogP contribution in [-0.4, -0.2) is 27.9 Å². The van der Waals surface area contributed by atoms with Gasteiger partial charge in [-0.15, -0.1) is 11.3 Å². The molecular formula is C23H35N2O4PS. The van der Waals surface area contributed by atoms with Gasteiger partial charge in [0.05, 0.1) is 22.2 Å². The first-order valence-electron chi connectivity index (χ1n) is 11.4. The molecule has 0 bridgehead atoms. The fraction of sp³-hybridized carbons (Fsp3) is 0.609. The molecule has 1 aromatic carbocycles. The summed E-state index contributed by atoms with van der Waals surface area (Å²) in [7, 11) is -4.40. The summed E-state index contributed by atoms with van der Waals surface area (Å²) in [5.41, 5.74) is 11.1. The quantitative estimate of drug-likeness (QED) is 0.271. The maximum absolute atomic E-state index is 10.8. The number of nitrogens with two attached hydrogens (primary N) is 1. The molecule has 0 aliphatic heterocycles. The third-order valence-electron chi connectivity index (χ3n) is 5.95. The third-order valence-corrected chi connectivity index (χ3v) is 7.66. The van der Waals surface area contributed by atoms with E-state index in [0.717, 1.165) is 25.7 Å². The Hall–Kier alpha value is -1.08. The molecule has 8 heteroatoms. The molecule has 1 heterocycles. The molecule has 0 spiro atoms. The molecule has 0 amide bonds. The minimum atomic E-state index is -4.40. The number of benzene rings is 1. The van der Waals surface area contributed by atoms with Crippen molar-refractivity contribution >= 4 is 19.2 Å². The van der Waals surface area contributed by atoms with Crippen LogP contribution in [0.2, 0.25) is 0 Å². The number of hydrogen-bond acceptors (Lipinski definition) is 5. The van der Waals surface area contributed by atoms with Gasteiger partial charge >= 0.3 is 7.82 Å². The number of fused-ring (bicyclic) bond motifs is 3.